The molecule has 0 saturated carbocycles. The van der Waals surface area contributed by atoms with Crippen molar-refractivity contribution < 1.29 is 34.4 Å². The molecule has 1 aliphatic rings. The highest BCUT2D eigenvalue weighted by Gasteiger charge is 2.48. The van der Waals surface area contributed by atoms with Crippen LogP contribution in [0.25, 0.3) is 0 Å². The minimum atomic E-state index is -1.48. The maximum absolute atomic E-state index is 13.6. The molecule has 0 bridgehead atoms. The molecule has 6 atom stereocenters. The highest BCUT2D eigenvalue weighted by molar-refractivity contribution is 5.82. The summed E-state index contributed by atoms with van der Waals surface area (Å²) in [5, 5.41) is 34.4. The van der Waals surface area contributed by atoms with Crippen LogP contribution in [0.2, 0.25) is 0 Å². The van der Waals surface area contributed by atoms with Gasteiger partial charge in [-0.2, -0.15) is 0 Å². The molecule has 47 heavy (non-hydrogen) atoms. The molecule has 0 unspecified atom stereocenters. The molecule has 1 heterocycles. The normalized spacial score (nSPS) is 21.9. The van der Waals surface area contributed by atoms with E-state index in [1.165, 1.54) is 88.4 Å². The van der Waals surface area contributed by atoms with Crippen molar-refractivity contribution in [1.82, 2.24) is 10.2 Å². The van der Waals surface area contributed by atoms with Gasteiger partial charge in [0.2, 0.25) is 5.91 Å². The summed E-state index contributed by atoms with van der Waals surface area (Å²) in [6, 6.07) is -1.97. The van der Waals surface area contributed by atoms with E-state index in [1.54, 1.807) is 0 Å². The molecule has 0 aromatic rings. The number of carbonyl (C=O) groups is 2. The van der Waals surface area contributed by atoms with Crippen LogP contribution >= 0.6 is 0 Å². The average Bonchev–Trinajstić information content (AvgIpc) is 3.04. The van der Waals surface area contributed by atoms with Gasteiger partial charge in [-0.3, -0.25) is 9.69 Å². The molecule has 1 rings (SSSR count). The zero-order valence-electron chi connectivity index (χ0n) is 30.5. The van der Waals surface area contributed by atoms with Gasteiger partial charge in [0.25, 0.3) is 0 Å². The van der Waals surface area contributed by atoms with E-state index in [9.17, 15) is 24.9 Å². The lowest BCUT2D eigenvalue weighted by molar-refractivity contribution is -0.226. The van der Waals surface area contributed by atoms with Crippen LogP contribution in [0.3, 0.4) is 0 Å². The summed E-state index contributed by atoms with van der Waals surface area (Å²) in [6.45, 7) is 8.38. The molecule has 0 spiro atoms. The zero-order chi connectivity index (χ0) is 34.9. The van der Waals surface area contributed by atoms with Crippen LogP contribution in [-0.4, -0.2) is 88.6 Å². The second-order valence-electron chi connectivity index (χ2n) is 14.2. The van der Waals surface area contributed by atoms with Crippen molar-refractivity contribution in [2.24, 2.45) is 11.7 Å². The van der Waals surface area contributed by atoms with Crippen LogP contribution in [0.15, 0.2) is 0 Å². The van der Waals surface area contributed by atoms with Gasteiger partial charge in [0.15, 0.2) is 6.23 Å². The Hall–Kier alpha value is -1.46. The number of nitrogens with zero attached hydrogens (tertiary/aromatic N) is 1. The highest BCUT2D eigenvalue weighted by atomic mass is 16.6. The zero-order valence-corrected chi connectivity index (χ0v) is 30.5. The first kappa shape index (κ1) is 43.6. The Labute approximate surface area is 286 Å². The standard InChI is InChI=1S/C37H73N3O7/c1-5-7-9-11-13-15-17-19-21-23-25-40(37(45)46-26-24-22-20-18-16-14-12-10-8-6-2)36-32(34(43)33(42)31(28-41)47-36)39-35(44)30(38)27-29(3)4/h29-34,36,41-43H,5-28,38H2,1-4H3,(H,39,44)/t30-,31+,32+,33+,34+,36+/m0/s1. The molecule has 0 aromatic carbocycles. The number of rotatable bonds is 28. The van der Waals surface area contributed by atoms with E-state index in [4.69, 9.17) is 15.2 Å². The first-order valence-corrected chi connectivity index (χ1v) is 19.3. The van der Waals surface area contributed by atoms with Gasteiger partial charge < -0.3 is 35.8 Å². The molecule has 1 fully saturated rings. The van der Waals surface area contributed by atoms with Gasteiger partial charge in [-0.25, -0.2) is 4.79 Å². The molecule has 10 heteroatoms. The van der Waals surface area contributed by atoms with Crippen molar-refractivity contribution in [3.8, 4) is 0 Å². The van der Waals surface area contributed by atoms with Crippen LogP contribution in [0.5, 0.6) is 0 Å². The minimum absolute atomic E-state index is 0.178. The fourth-order valence-electron chi connectivity index (χ4n) is 6.33. The van der Waals surface area contributed by atoms with Crippen LogP contribution in [-0.2, 0) is 14.3 Å². The quantitative estimate of drug-likeness (QED) is 0.0586. The number of nitrogens with two attached hydrogens (primary N) is 1. The number of unbranched alkanes of at least 4 members (excludes halogenated alkanes) is 18. The predicted octanol–water partition coefficient (Wildman–Crippen LogP) is 6.56. The van der Waals surface area contributed by atoms with Crippen molar-refractivity contribution >= 4 is 12.0 Å². The fourth-order valence-corrected chi connectivity index (χ4v) is 6.33. The number of nitrogens with one attached hydrogen (secondary N) is 1. The van der Waals surface area contributed by atoms with Crippen molar-refractivity contribution in [2.75, 3.05) is 19.8 Å². The van der Waals surface area contributed by atoms with E-state index < -0.39 is 55.2 Å². The second-order valence-corrected chi connectivity index (χ2v) is 14.2. The Balaban J connectivity index is 2.84. The summed E-state index contributed by atoms with van der Waals surface area (Å²) < 4.78 is 11.8. The van der Waals surface area contributed by atoms with Gasteiger partial charge in [-0.05, 0) is 25.2 Å². The smallest absolute Gasteiger partial charge is 0.411 e. The topological polar surface area (TPSA) is 155 Å². The summed E-state index contributed by atoms with van der Waals surface area (Å²) in [4.78, 5) is 28.0. The highest BCUT2D eigenvalue weighted by Crippen LogP contribution is 2.26. The van der Waals surface area contributed by atoms with Crippen LogP contribution in [0, 0.1) is 5.92 Å². The van der Waals surface area contributed by atoms with Crippen molar-refractivity contribution in [3.63, 3.8) is 0 Å². The van der Waals surface area contributed by atoms with Crippen LogP contribution < -0.4 is 11.1 Å². The molecular weight excluding hydrogens is 598 g/mol. The third-order valence-corrected chi connectivity index (χ3v) is 9.29. The monoisotopic (exact) mass is 672 g/mol. The van der Waals surface area contributed by atoms with Gasteiger partial charge in [0, 0.05) is 6.54 Å². The maximum atomic E-state index is 13.6. The Morgan fingerprint density at radius 3 is 1.70 bits per heavy atom. The Morgan fingerprint density at radius 1 is 0.766 bits per heavy atom. The van der Waals surface area contributed by atoms with Crippen molar-refractivity contribution in [3.05, 3.63) is 0 Å². The molecule has 1 aliphatic heterocycles. The van der Waals surface area contributed by atoms with Gasteiger partial charge >= 0.3 is 6.09 Å². The van der Waals surface area contributed by atoms with Gasteiger partial charge in [-0.1, -0.05) is 143 Å². The predicted molar refractivity (Wildman–Crippen MR) is 189 cm³/mol. The lowest BCUT2D eigenvalue weighted by Crippen LogP contribution is -2.69. The van der Waals surface area contributed by atoms with E-state index in [2.05, 4.69) is 19.2 Å². The number of carbonyl (C=O) groups excluding carboxylic acids is 2. The molecule has 1 saturated heterocycles. The number of hydrogen-bond donors (Lipinski definition) is 5. The molecule has 0 aliphatic carbocycles. The molecule has 0 aromatic heterocycles. The largest absolute Gasteiger partial charge is 0.449 e. The van der Waals surface area contributed by atoms with Crippen molar-refractivity contribution in [1.29, 1.82) is 0 Å². The van der Waals surface area contributed by atoms with E-state index in [1.807, 2.05) is 13.8 Å². The van der Waals surface area contributed by atoms with E-state index in [0.29, 0.717) is 19.4 Å². The van der Waals surface area contributed by atoms with Crippen molar-refractivity contribution in [2.45, 2.75) is 199 Å². The first-order chi connectivity index (χ1) is 22.7. The SMILES string of the molecule is CCCCCCCCCCCCOC(=O)N(CCCCCCCCCCCC)[C@@H]1O[C@H](CO)[C@@H](O)[C@H](O)[C@H]1NC(=O)[C@@H](N)CC(C)C. The lowest BCUT2D eigenvalue weighted by Gasteiger charge is -2.46. The van der Waals surface area contributed by atoms with Crippen LogP contribution in [0.1, 0.15) is 163 Å². The minimum Gasteiger partial charge on any atom is -0.449 e. The first-order valence-electron chi connectivity index (χ1n) is 19.3. The number of ether oxygens (including phenoxy) is 2. The van der Waals surface area contributed by atoms with E-state index in [0.717, 1.165) is 38.5 Å². The summed E-state index contributed by atoms with van der Waals surface area (Å²) in [5.41, 5.74) is 6.13. The number of aliphatic hydroxyl groups is 3. The molecular formula is C37H73N3O7. The number of hydrogen-bond acceptors (Lipinski definition) is 8. The third-order valence-electron chi connectivity index (χ3n) is 9.29. The Bertz CT molecular complexity index is 787. The number of aliphatic hydroxyl groups excluding tert-OH is 3. The van der Waals surface area contributed by atoms with Gasteiger partial charge in [-0.15, -0.1) is 0 Å². The summed E-state index contributed by atoms with van der Waals surface area (Å²) >= 11 is 0. The average molecular weight is 672 g/mol. The fraction of sp³-hybridized carbons (Fsp3) is 0.946. The summed E-state index contributed by atoms with van der Waals surface area (Å²) in [7, 11) is 0. The van der Waals surface area contributed by atoms with Gasteiger partial charge in [0.05, 0.1) is 19.3 Å². The molecule has 0 radical (unpaired) electrons. The summed E-state index contributed by atoms with van der Waals surface area (Å²) in [6.07, 6.45) is 17.7. The van der Waals surface area contributed by atoms with E-state index in [-0.39, 0.29) is 12.5 Å². The molecule has 2 amide bonds. The second kappa shape index (κ2) is 27.4. The molecule has 278 valence electrons. The van der Waals surface area contributed by atoms with Gasteiger partial charge in [0.1, 0.15) is 24.4 Å². The Morgan fingerprint density at radius 2 is 1.23 bits per heavy atom. The molecule has 10 nitrogen and oxygen atoms in total. The van der Waals surface area contributed by atoms with Crippen LogP contribution in [0.4, 0.5) is 4.79 Å². The lowest BCUT2D eigenvalue weighted by atomic mass is 9.94. The summed E-state index contributed by atoms with van der Waals surface area (Å²) in [5.74, 6) is -0.319. The third kappa shape index (κ3) is 18.8. The molecule has 6 N–H and O–H groups in total. The maximum Gasteiger partial charge on any atom is 0.411 e. The number of amides is 2. The Kier molecular flexibility index (Phi) is 25.4. The van der Waals surface area contributed by atoms with E-state index >= 15 is 0 Å².